The van der Waals surface area contributed by atoms with Crippen molar-refractivity contribution in [1.82, 2.24) is 5.32 Å². The fourth-order valence-corrected chi connectivity index (χ4v) is 2.06. The monoisotopic (exact) mass is 283 g/mol. The van der Waals surface area contributed by atoms with E-state index in [0.717, 1.165) is 19.4 Å². The molecule has 1 amide bonds. The molecule has 1 aromatic carbocycles. The number of benzene rings is 1. The summed E-state index contributed by atoms with van der Waals surface area (Å²) in [6.07, 6.45) is 1.68. The lowest BCUT2D eigenvalue weighted by molar-refractivity contribution is -0.127. The summed E-state index contributed by atoms with van der Waals surface area (Å²) in [5, 5.41) is 3.48. The molecule has 1 N–H and O–H groups in total. The van der Waals surface area contributed by atoms with E-state index in [9.17, 15) is 4.79 Å². The average Bonchev–Trinajstić information content (AvgIpc) is 2.91. The van der Waals surface area contributed by atoms with E-state index >= 15 is 0 Å². The van der Waals surface area contributed by atoms with Crippen molar-refractivity contribution in [1.29, 1.82) is 0 Å². The van der Waals surface area contributed by atoms with Crippen molar-refractivity contribution >= 4 is 17.5 Å². The Kier molecular flexibility index (Phi) is 5.05. The van der Waals surface area contributed by atoms with Gasteiger partial charge in [0.2, 0.25) is 0 Å². The predicted octanol–water partition coefficient (Wildman–Crippen LogP) is 2.40. The highest BCUT2D eigenvalue weighted by molar-refractivity contribution is 6.30. The quantitative estimate of drug-likeness (QED) is 0.903. The van der Waals surface area contributed by atoms with Gasteiger partial charge in [-0.15, -0.1) is 0 Å². The molecular formula is C14H18ClNO3. The second-order valence-corrected chi connectivity index (χ2v) is 5.03. The molecule has 1 saturated heterocycles. The van der Waals surface area contributed by atoms with E-state index < -0.39 is 6.10 Å². The number of carbonyl (C=O) groups excluding carboxylic acids is 1. The van der Waals surface area contributed by atoms with Gasteiger partial charge in [-0.1, -0.05) is 11.6 Å². The normalized spacial score (nSPS) is 20.0. The largest absolute Gasteiger partial charge is 0.481 e. The Bertz CT molecular complexity index is 415. The van der Waals surface area contributed by atoms with Gasteiger partial charge in [-0.2, -0.15) is 0 Å². The van der Waals surface area contributed by atoms with E-state index in [0.29, 0.717) is 17.3 Å². The van der Waals surface area contributed by atoms with E-state index in [2.05, 4.69) is 5.32 Å². The maximum atomic E-state index is 11.9. The second-order valence-electron chi connectivity index (χ2n) is 4.59. The van der Waals surface area contributed by atoms with E-state index in [4.69, 9.17) is 21.1 Å². The molecule has 104 valence electrons. The van der Waals surface area contributed by atoms with Gasteiger partial charge in [0.25, 0.3) is 5.91 Å². The number of nitrogens with one attached hydrogen (secondary N) is 1. The lowest BCUT2D eigenvalue weighted by Gasteiger charge is -2.16. The molecule has 2 rings (SSSR count). The van der Waals surface area contributed by atoms with Gasteiger partial charge in [0.05, 0.1) is 6.10 Å². The van der Waals surface area contributed by atoms with Gasteiger partial charge in [-0.25, -0.2) is 0 Å². The summed E-state index contributed by atoms with van der Waals surface area (Å²) in [4.78, 5) is 11.9. The Balaban J connectivity index is 1.76. The molecule has 0 radical (unpaired) electrons. The van der Waals surface area contributed by atoms with Crippen LogP contribution >= 0.6 is 11.6 Å². The first-order chi connectivity index (χ1) is 9.15. The lowest BCUT2D eigenvalue weighted by atomic mass is 10.2. The molecule has 1 aromatic rings. The molecule has 0 spiro atoms. The van der Waals surface area contributed by atoms with Gasteiger partial charge in [-0.05, 0) is 44.0 Å². The van der Waals surface area contributed by atoms with Gasteiger partial charge < -0.3 is 14.8 Å². The summed E-state index contributed by atoms with van der Waals surface area (Å²) in [6, 6.07) is 6.94. The van der Waals surface area contributed by atoms with Gasteiger partial charge in [0.15, 0.2) is 6.10 Å². The first-order valence-electron chi connectivity index (χ1n) is 6.46. The molecule has 5 heteroatoms. The van der Waals surface area contributed by atoms with Crippen LogP contribution in [0.2, 0.25) is 5.02 Å². The third-order valence-electron chi connectivity index (χ3n) is 3.02. The van der Waals surface area contributed by atoms with E-state index in [1.54, 1.807) is 31.2 Å². The molecular weight excluding hydrogens is 266 g/mol. The Morgan fingerprint density at radius 1 is 1.53 bits per heavy atom. The predicted molar refractivity (Wildman–Crippen MR) is 73.5 cm³/mol. The van der Waals surface area contributed by atoms with Crippen LogP contribution < -0.4 is 10.1 Å². The van der Waals surface area contributed by atoms with Gasteiger partial charge in [0, 0.05) is 18.2 Å². The summed E-state index contributed by atoms with van der Waals surface area (Å²) >= 11 is 5.78. The Hall–Kier alpha value is -1.26. The summed E-state index contributed by atoms with van der Waals surface area (Å²) in [5.74, 6) is 0.495. The smallest absolute Gasteiger partial charge is 0.260 e. The van der Waals surface area contributed by atoms with Crippen molar-refractivity contribution in [2.45, 2.75) is 32.0 Å². The Morgan fingerprint density at radius 3 is 2.89 bits per heavy atom. The van der Waals surface area contributed by atoms with Crippen molar-refractivity contribution in [3.8, 4) is 5.75 Å². The minimum atomic E-state index is -0.539. The zero-order chi connectivity index (χ0) is 13.7. The lowest BCUT2D eigenvalue weighted by Crippen LogP contribution is -2.40. The van der Waals surface area contributed by atoms with Crippen LogP contribution in [0.4, 0.5) is 0 Å². The highest BCUT2D eigenvalue weighted by atomic mass is 35.5. The number of amides is 1. The number of ether oxygens (including phenoxy) is 2. The maximum absolute atomic E-state index is 11.9. The summed E-state index contributed by atoms with van der Waals surface area (Å²) in [7, 11) is 0. The molecule has 0 unspecified atom stereocenters. The second kappa shape index (κ2) is 6.78. The molecule has 1 heterocycles. The van der Waals surface area contributed by atoms with Crippen molar-refractivity contribution < 1.29 is 14.3 Å². The van der Waals surface area contributed by atoms with Gasteiger partial charge >= 0.3 is 0 Å². The highest BCUT2D eigenvalue weighted by Gasteiger charge is 2.19. The van der Waals surface area contributed by atoms with Crippen LogP contribution in [0.5, 0.6) is 5.75 Å². The Morgan fingerprint density at radius 2 is 2.26 bits per heavy atom. The molecule has 0 saturated carbocycles. The minimum Gasteiger partial charge on any atom is -0.481 e. The number of hydrogen-bond acceptors (Lipinski definition) is 3. The standard InChI is InChI=1S/C14H18ClNO3/c1-10(19-12-6-4-11(15)5-7-12)14(17)16-9-13-3-2-8-18-13/h4-7,10,13H,2-3,8-9H2,1H3,(H,16,17)/t10-,13+/m0/s1. The maximum Gasteiger partial charge on any atom is 0.260 e. The number of rotatable bonds is 5. The first-order valence-corrected chi connectivity index (χ1v) is 6.84. The average molecular weight is 284 g/mol. The van der Waals surface area contributed by atoms with Crippen LogP contribution in [0.15, 0.2) is 24.3 Å². The number of halogens is 1. The van der Waals surface area contributed by atoms with Crippen LogP contribution in [0.1, 0.15) is 19.8 Å². The van der Waals surface area contributed by atoms with Crippen LogP contribution in [-0.4, -0.2) is 31.3 Å². The number of carbonyl (C=O) groups is 1. The molecule has 0 aliphatic carbocycles. The van der Waals surface area contributed by atoms with Gasteiger partial charge in [0.1, 0.15) is 5.75 Å². The molecule has 0 bridgehead atoms. The zero-order valence-electron chi connectivity index (χ0n) is 10.9. The molecule has 0 aromatic heterocycles. The van der Waals surface area contributed by atoms with Crippen molar-refractivity contribution in [2.24, 2.45) is 0 Å². The van der Waals surface area contributed by atoms with Crippen molar-refractivity contribution in [3.05, 3.63) is 29.3 Å². The van der Waals surface area contributed by atoms with Crippen molar-refractivity contribution in [2.75, 3.05) is 13.2 Å². The zero-order valence-corrected chi connectivity index (χ0v) is 11.7. The van der Waals surface area contributed by atoms with E-state index in [1.165, 1.54) is 0 Å². The molecule has 2 atom stereocenters. The third-order valence-corrected chi connectivity index (χ3v) is 3.28. The van der Waals surface area contributed by atoms with Crippen molar-refractivity contribution in [3.63, 3.8) is 0 Å². The summed E-state index contributed by atoms with van der Waals surface area (Å²) in [6.45, 7) is 3.06. The van der Waals surface area contributed by atoms with E-state index in [-0.39, 0.29) is 12.0 Å². The molecule has 1 aliphatic rings. The molecule has 1 aliphatic heterocycles. The third kappa shape index (κ3) is 4.40. The SMILES string of the molecule is C[C@H](Oc1ccc(Cl)cc1)C(=O)NC[C@H]1CCCO1. The molecule has 19 heavy (non-hydrogen) atoms. The minimum absolute atomic E-state index is 0.134. The fraction of sp³-hybridized carbons (Fsp3) is 0.500. The fourth-order valence-electron chi connectivity index (χ4n) is 1.93. The molecule has 4 nitrogen and oxygen atoms in total. The highest BCUT2D eigenvalue weighted by Crippen LogP contribution is 2.17. The summed E-state index contributed by atoms with van der Waals surface area (Å²) in [5.41, 5.74) is 0. The van der Waals surface area contributed by atoms with Crippen LogP contribution in [-0.2, 0) is 9.53 Å². The topological polar surface area (TPSA) is 47.6 Å². The summed E-state index contributed by atoms with van der Waals surface area (Å²) < 4.78 is 11.0. The van der Waals surface area contributed by atoms with Crippen LogP contribution in [0.3, 0.4) is 0 Å². The van der Waals surface area contributed by atoms with E-state index in [1.807, 2.05) is 0 Å². The molecule has 1 fully saturated rings. The first kappa shape index (κ1) is 14.2. The van der Waals surface area contributed by atoms with Crippen LogP contribution in [0, 0.1) is 0 Å². The van der Waals surface area contributed by atoms with Crippen LogP contribution in [0.25, 0.3) is 0 Å². The Labute approximate surface area is 118 Å². The number of hydrogen-bond donors (Lipinski definition) is 1. The van der Waals surface area contributed by atoms with Gasteiger partial charge in [-0.3, -0.25) is 4.79 Å².